The molecule has 2 aliphatic rings. The van der Waals surface area contributed by atoms with Gasteiger partial charge in [-0.1, -0.05) is 13.0 Å². The molecule has 8 nitrogen and oxygen atoms in total. The molecular weight excluding hydrogens is 436 g/mol. The number of nitrogen functional groups attached to an aromatic ring is 1. The van der Waals surface area contributed by atoms with E-state index in [2.05, 4.69) is 15.0 Å². The summed E-state index contributed by atoms with van der Waals surface area (Å²) in [6.45, 7) is 2.04. The van der Waals surface area contributed by atoms with E-state index in [1.807, 2.05) is 0 Å². The van der Waals surface area contributed by atoms with Gasteiger partial charge in [0, 0.05) is 36.0 Å². The zero-order chi connectivity index (χ0) is 22.0. The lowest BCUT2D eigenvalue weighted by Crippen LogP contribution is -2.38. The topological polar surface area (TPSA) is 123 Å². The van der Waals surface area contributed by atoms with Crippen LogP contribution in [0.1, 0.15) is 56.4 Å². The molecule has 0 bridgehead atoms. The quantitative estimate of drug-likeness (QED) is 0.538. The van der Waals surface area contributed by atoms with Gasteiger partial charge in [-0.25, -0.2) is 22.9 Å². The molecule has 0 radical (unpaired) electrons. The van der Waals surface area contributed by atoms with Gasteiger partial charge in [0.15, 0.2) is 0 Å². The van der Waals surface area contributed by atoms with Gasteiger partial charge in [0.25, 0.3) is 0 Å². The van der Waals surface area contributed by atoms with E-state index in [1.54, 1.807) is 25.3 Å². The lowest BCUT2D eigenvalue weighted by atomic mass is 9.86. The molecule has 0 unspecified atom stereocenters. The van der Waals surface area contributed by atoms with Crippen molar-refractivity contribution in [2.24, 2.45) is 0 Å². The first-order valence-corrected chi connectivity index (χ1v) is 13.0. The Bertz CT molecular complexity index is 1040. The van der Waals surface area contributed by atoms with Crippen molar-refractivity contribution in [3.05, 3.63) is 29.4 Å². The number of hydrogen-bond acceptors (Lipinski definition) is 7. The molecule has 0 atom stereocenters. The second-order valence-electron chi connectivity index (χ2n) is 8.12. The van der Waals surface area contributed by atoms with Gasteiger partial charge in [0.05, 0.1) is 14.8 Å². The summed E-state index contributed by atoms with van der Waals surface area (Å²) < 4.78 is 33.1. The SMILES string of the molecule is CCNS(=O)(=O)c1cc(N)ccc1-c1cnc([C@H]2CC[C@H](NC(=O)OC3CC3)CC2)s1. The summed E-state index contributed by atoms with van der Waals surface area (Å²) in [5, 5.41) is 3.97. The Morgan fingerprint density at radius 1 is 1.23 bits per heavy atom. The molecule has 1 aromatic carbocycles. The molecule has 31 heavy (non-hydrogen) atoms. The predicted molar refractivity (Wildman–Crippen MR) is 120 cm³/mol. The van der Waals surface area contributed by atoms with E-state index in [4.69, 9.17) is 10.5 Å². The maximum absolute atomic E-state index is 12.7. The molecule has 0 saturated heterocycles. The first-order chi connectivity index (χ1) is 14.9. The maximum Gasteiger partial charge on any atom is 0.407 e. The number of benzene rings is 1. The molecule has 4 rings (SSSR count). The van der Waals surface area contributed by atoms with E-state index in [-0.39, 0.29) is 23.1 Å². The highest BCUT2D eigenvalue weighted by atomic mass is 32.2. The highest BCUT2D eigenvalue weighted by molar-refractivity contribution is 7.89. The van der Waals surface area contributed by atoms with Crippen LogP contribution in [0.4, 0.5) is 10.5 Å². The fraction of sp³-hybridized carbons (Fsp3) is 0.524. The van der Waals surface area contributed by atoms with Gasteiger partial charge >= 0.3 is 6.09 Å². The van der Waals surface area contributed by atoms with Gasteiger partial charge in [-0.3, -0.25) is 0 Å². The van der Waals surface area contributed by atoms with Crippen molar-refractivity contribution in [1.82, 2.24) is 15.0 Å². The number of nitrogens with one attached hydrogen (secondary N) is 2. The molecule has 10 heteroatoms. The third kappa shape index (κ3) is 5.36. The van der Waals surface area contributed by atoms with Gasteiger partial charge in [0.1, 0.15) is 6.10 Å². The lowest BCUT2D eigenvalue weighted by Gasteiger charge is -2.27. The van der Waals surface area contributed by atoms with Crippen molar-refractivity contribution in [1.29, 1.82) is 0 Å². The van der Waals surface area contributed by atoms with Crippen molar-refractivity contribution in [2.45, 2.75) is 68.4 Å². The van der Waals surface area contributed by atoms with Crippen LogP contribution in [0.25, 0.3) is 10.4 Å². The summed E-state index contributed by atoms with van der Waals surface area (Å²) >= 11 is 1.52. The molecule has 0 aliphatic heterocycles. The summed E-state index contributed by atoms with van der Waals surface area (Å²) in [5.41, 5.74) is 6.86. The number of anilines is 1. The van der Waals surface area contributed by atoms with Crippen LogP contribution in [0.2, 0.25) is 0 Å². The minimum Gasteiger partial charge on any atom is -0.446 e. The maximum atomic E-state index is 12.7. The Morgan fingerprint density at radius 2 is 1.97 bits per heavy atom. The van der Waals surface area contributed by atoms with Crippen LogP contribution in [0, 0.1) is 0 Å². The van der Waals surface area contributed by atoms with Crippen molar-refractivity contribution in [2.75, 3.05) is 12.3 Å². The molecule has 1 amide bonds. The smallest absolute Gasteiger partial charge is 0.407 e. The third-order valence-electron chi connectivity index (χ3n) is 5.62. The van der Waals surface area contributed by atoms with Gasteiger partial charge in [-0.15, -0.1) is 11.3 Å². The molecule has 4 N–H and O–H groups in total. The normalized spacial score (nSPS) is 21.6. The number of nitrogens with zero attached hydrogens (tertiary/aromatic N) is 1. The summed E-state index contributed by atoms with van der Waals surface area (Å²) in [4.78, 5) is 17.4. The highest BCUT2D eigenvalue weighted by Crippen LogP contribution is 2.39. The standard InChI is InChI=1S/C21H28N4O4S2/c1-2-24-31(27,28)19-11-14(22)5-10-17(19)18-12-23-20(30-18)13-3-6-15(7-4-13)25-21(26)29-16-8-9-16/h5,10-13,15-16,24H,2-4,6-9,22H2,1H3,(H,25,26)/t13-,15-. The van der Waals surface area contributed by atoms with E-state index in [0.717, 1.165) is 48.4 Å². The van der Waals surface area contributed by atoms with Gasteiger partial charge in [-0.05, 0) is 50.7 Å². The van der Waals surface area contributed by atoms with Crippen LogP contribution >= 0.6 is 11.3 Å². The van der Waals surface area contributed by atoms with Crippen LogP contribution in [-0.2, 0) is 14.8 Å². The highest BCUT2D eigenvalue weighted by Gasteiger charge is 2.30. The molecule has 1 aromatic heterocycles. The minimum atomic E-state index is -3.65. The largest absolute Gasteiger partial charge is 0.446 e. The number of nitrogens with two attached hydrogens (primary N) is 1. The fourth-order valence-corrected chi connectivity index (χ4v) is 6.34. The van der Waals surface area contributed by atoms with Gasteiger partial charge in [-0.2, -0.15) is 0 Å². The minimum absolute atomic E-state index is 0.111. The van der Waals surface area contributed by atoms with E-state index in [0.29, 0.717) is 23.7 Å². The fourth-order valence-electron chi connectivity index (χ4n) is 3.86. The number of amides is 1. The Morgan fingerprint density at radius 3 is 2.65 bits per heavy atom. The lowest BCUT2D eigenvalue weighted by molar-refractivity contribution is 0.132. The van der Waals surface area contributed by atoms with Crippen LogP contribution in [-0.4, -0.2) is 38.2 Å². The van der Waals surface area contributed by atoms with Crippen molar-refractivity contribution in [3.8, 4) is 10.4 Å². The molecule has 2 aromatic rings. The second-order valence-corrected chi connectivity index (χ2v) is 10.9. The first kappa shape index (κ1) is 22.0. The molecule has 2 saturated carbocycles. The second kappa shape index (κ2) is 9.13. The van der Waals surface area contributed by atoms with Crippen molar-refractivity contribution >= 4 is 33.1 Å². The predicted octanol–water partition coefficient (Wildman–Crippen LogP) is 3.61. The summed E-state index contributed by atoms with van der Waals surface area (Å²) in [6.07, 6.45) is 7.09. The van der Waals surface area contributed by atoms with Crippen LogP contribution in [0.3, 0.4) is 0 Å². The number of carbonyl (C=O) groups excluding carboxylic acids is 1. The zero-order valence-corrected chi connectivity index (χ0v) is 19.1. The number of rotatable bonds is 7. The van der Waals surface area contributed by atoms with Crippen LogP contribution in [0.15, 0.2) is 29.3 Å². The number of aromatic nitrogens is 1. The van der Waals surface area contributed by atoms with E-state index >= 15 is 0 Å². The molecule has 0 spiro atoms. The molecule has 2 aliphatic carbocycles. The third-order valence-corrected chi connectivity index (χ3v) is 8.39. The molecule has 1 heterocycles. The monoisotopic (exact) mass is 464 g/mol. The van der Waals surface area contributed by atoms with Gasteiger partial charge in [0.2, 0.25) is 10.0 Å². The van der Waals surface area contributed by atoms with E-state index < -0.39 is 10.0 Å². The molecule has 2 fully saturated rings. The van der Waals surface area contributed by atoms with Crippen molar-refractivity contribution < 1.29 is 17.9 Å². The van der Waals surface area contributed by atoms with Crippen molar-refractivity contribution in [3.63, 3.8) is 0 Å². The number of carbonyl (C=O) groups is 1. The Hall–Kier alpha value is -2.17. The summed E-state index contributed by atoms with van der Waals surface area (Å²) in [7, 11) is -3.65. The molecular formula is C21H28N4O4S2. The Kier molecular flexibility index (Phi) is 6.49. The van der Waals surface area contributed by atoms with E-state index in [1.165, 1.54) is 17.4 Å². The zero-order valence-electron chi connectivity index (χ0n) is 17.5. The average molecular weight is 465 g/mol. The first-order valence-electron chi connectivity index (χ1n) is 10.7. The summed E-state index contributed by atoms with van der Waals surface area (Å²) in [5.74, 6) is 0.304. The summed E-state index contributed by atoms with van der Waals surface area (Å²) in [6, 6.07) is 5.07. The van der Waals surface area contributed by atoms with Crippen LogP contribution in [0.5, 0.6) is 0 Å². The Balaban J connectivity index is 1.44. The number of sulfonamides is 1. The number of ether oxygens (including phenoxy) is 1. The molecule has 168 valence electrons. The van der Waals surface area contributed by atoms with Crippen LogP contribution < -0.4 is 15.8 Å². The van der Waals surface area contributed by atoms with E-state index in [9.17, 15) is 13.2 Å². The number of thiazole rings is 1. The number of hydrogen-bond donors (Lipinski definition) is 3. The Labute approximate surface area is 186 Å². The van der Waals surface area contributed by atoms with Gasteiger partial charge < -0.3 is 15.8 Å². The number of alkyl carbamates (subject to hydrolysis) is 1. The average Bonchev–Trinajstić information content (AvgIpc) is 3.40.